The van der Waals surface area contributed by atoms with Crippen molar-refractivity contribution in [3.8, 4) is 0 Å². The highest BCUT2D eigenvalue weighted by Crippen LogP contribution is 2.36. The van der Waals surface area contributed by atoms with Gasteiger partial charge in [0.1, 0.15) is 0 Å². The van der Waals surface area contributed by atoms with Crippen molar-refractivity contribution in [2.45, 2.75) is 25.1 Å². The summed E-state index contributed by atoms with van der Waals surface area (Å²) >= 11 is 0. The summed E-state index contributed by atoms with van der Waals surface area (Å²) in [7, 11) is 1.56. The van der Waals surface area contributed by atoms with Gasteiger partial charge >= 0.3 is 12.2 Å². The lowest BCUT2D eigenvalue weighted by atomic mass is 10.1. The van der Waals surface area contributed by atoms with E-state index in [-0.39, 0.29) is 11.7 Å². The molecule has 2 amide bonds. The Balaban J connectivity index is 2.12. The highest BCUT2D eigenvalue weighted by atomic mass is 19.4. The predicted molar refractivity (Wildman–Crippen MR) is 73.8 cm³/mol. The van der Waals surface area contributed by atoms with Crippen LogP contribution in [0.5, 0.6) is 0 Å². The van der Waals surface area contributed by atoms with E-state index in [0.29, 0.717) is 12.5 Å². The number of alkyl halides is 3. The van der Waals surface area contributed by atoms with Crippen LogP contribution >= 0.6 is 0 Å². The summed E-state index contributed by atoms with van der Waals surface area (Å²) in [5.41, 5.74) is 4.54. The summed E-state index contributed by atoms with van der Waals surface area (Å²) in [5.74, 6) is 0.351. The van der Waals surface area contributed by atoms with Gasteiger partial charge in [-0.25, -0.2) is 4.79 Å². The largest absolute Gasteiger partial charge is 0.418 e. The number of nitrogens with zero attached hydrogens (tertiary/aromatic N) is 1. The molecule has 116 valence electrons. The molecule has 1 saturated carbocycles. The molecule has 1 unspecified atom stereocenters. The number of amides is 2. The molecule has 7 heteroatoms. The van der Waals surface area contributed by atoms with Crippen LogP contribution in [0.2, 0.25) is 0 Å². The van der Waals surface area contributed by atoms with Crippen molar-refractivity contribution in [1.82, 2.24) is 4.90 Å². The van der Waals surface area contributed by atoms with Crippen LogP contribution < -0.4 is 11.1 Å². The number of nitrogens with one attached hydrogen (secondary N) is 1. The number of benzene rings is 1. The molecular formula is C14H18F3N3O. The molecule has 0 radical (unpaired) electrons. The lowest BCUT2D eigenvalue weighted by Crippen LogP contribution is -2.45. The maximum Gasteiger partial charge on any atom is 0.418 e. The van der Waals surface area contributed by atoms with Crippen LogP contribution in [0.4, 0.5) is 23.7 Å². The van der Waals surface area contributed by atoms with Gasteiger partial charge in [-0.1, -0.05) is 12.1 Å². The Labute approximate surface area is 121 Å². The number of rotatable bonds is 4. The van der Waals surface area contributed by atoms with Gasteiger partial charge in [-0.2, -0.15) is 13.2 Å². The summed E-state index contributed by atoms with van der Waals surface area (Å²) in [5, 5.41) is 2.33. The smallest absolute Gasteiger partial charge is 0.328 e. The average molecular weight is 301 g/mol. The fourth-order valence-electron chi connectivity index (χ4n) is 2.34. The van der Waals surface area contributed by atoms with E-state index in [1.807, 2.05) is 0 Å². The van der Waals surface area contributed by atoms with Crippen LogP contribution in [0.15, 0.2) is 24.3 Å². The van der Waals surface area contributed by atoms with Crippen molar-refractivity contribution in [3.05, 3.63) is 29.8 Å². The molecule has 3 N–H and O–H groups in total. The Bertz CT molecular complexity index is 514. The Morgan fingerprint density at radius 1 is 1.43 bits per heavy atom. The molecule has 0 saturated heterocycles. The van der Waals surface area contributed by atoms with Crippen molar-refractivity contribution in [2.24, 2.45) is 11.7 Å². The van der Waals surface area contributed by atoms with E-state index in [4.69, 9.17) is 5.73 Å². The standard InChI is InChI=1S/C14H18F3N3O/c1-20(12(8-18)9-6-7-9)13(21)19-11-5-3-2-4-10(11)14(15,16)17/h2-5,9,12H,6-8,18H2,1H3,(H,19,21). The molecule has 0 bridgehead atoms. The van der Waals surface area contributed by atoms with Gasteiger partial charge in [-0.15, -0.1) is 0 Å². The van der Waals surface area contributed by atoms with Crippen molar-refractivity contribution >= 4 is 11.7 Å². The summed E-state index contributed by atoms with van der Waals surface area (Å²) in [6.45, 7) is 0.301. The SMILES string of the molecule is CN(C(=O)Nc1ccccc1C(F)(F)F)C(CN)C1CC1. The first-order valence-electron chi connectivity index (χ1n) is 6.74. The zero-order chi connectivity index (χ0) is 15.6. The molecule has 0 heterocycles. The number of urea groups is 1. The number of likely N-dealkylation sites (N-methyl/N-ethyl adjacent to an activating group) is 1. The van der Waals surface area contributed by atoms with E-state index >= 15 is 0 Å². The van der Waals surface area contributed by atoms with Gasteiger partial charge in [0.15, 0.2) is 0 Å². The van der Waals surface area contributed by atoms with Gasteiger partial charge in [0, 0.05) is 19.6 Å². The van der Waals surface area contributed by atoms with Gasteiger partial charge in [-0.3, -0.25) is 0 Å². The first kappa shape index (κ1) is 15.6. The number of para-hydroxylation sites is 1. The first-order valence-corrected chi connectivity index (χ1v) is 6.74. The minimum atomic E-state index is -4.51. The normalized spacial score (nSPS) is 16.4. The molecule has 0 aromatic heterocycles. The van der Waals surface area contributed by atoms with Crippen LogP contribution in [0.1, 0.15) is 18.4 Å². The van der Waals surface area contributed by atoms with E-state index in [0.717, 1.165) is 18.9 Å². The maximum absolute atomic E-state index is 12.9. The third-order valence-electron chi connectivity index (χ3n) is 3.70. The fourth-order valence-corrected chi connectivity index (χ4v) is 2.34. The molecule has 1 atom stereocenters. The van der Waals surface area contributed by atoms with E-state index in [2.05, 4.69) is 5.32 Å². The van der Waals surface area contributed by atoms with Crippen molar-refractivity contribution < 1.29 is 18.0 Å². The van der Waals surface area contributed by atoms with Gasteiger partial charge in [0.2, 0.25) is 0 Å². The number of carbonyl (C=O) groups is 1. The second-order valence-corrected chi connectivity index (χ2v) is 5.22. The molecular weight excluding hydrogens is 283 g/mol. The van der Waals surface area contributed by atoms with E-state index in [1.165, 1.54) is 23.1 Å². The number of halogens is 3. The van der Waals surface area contributed by atoms with E-state index in [9.17, 15) is 18.0 Å². The van der Waals surface area contributed by atoms with E-state index in [1.54, 1.807) is 7.05 Å². The number of hydrogen-bond donors (Lipinski definition) is 2. The molecule has 1 fully saturated rings. The number of anilines is 1. The molecule has 0 spiro atoms. The minimum Gasteiger partial charge on any atom is -0.328 e. The molecule has 21 heavy (non-hydrogen) atoms. The van der Waals surface area contributed by atoms with Crippen LogP contribution in [0, 0.1) is 5.92 Å². The van der Waals surface area contributed by atoms with Crippen molar-refractivity contribution in [3.63, 3.8) is 0 Å². The van der Waals surface area contributed by atoms with Gasteiger partial charge in [0.05, 0.1) is 11.3 Å². The van der Waals surface area contributed by atoms with Crippen LogP contribution in [0.25, 0.3) is 0 Å². The van der Waals surface area contributed by atoms with Crippen LogP contribution in [-0.2, 0) is 6.18 Å². The average Bonchev–Trinajstić information content (AvgIpc) is 3.23. The summed E-state index contributed by atoms with van der Waals surface area (Å²) < 4.78 is 38.6. The molecule has 1 aliphatic rings. The molecule has 1 aromatic rings. The number of carbonyl (C=O) groups excluding carboxylic acids is 1. The van der Waals surface area contributed by atoms with Crippen LogP contribution in [0.3, 0.4) is 0 Å². The molecule has 0 aliphatic heterocycles. The summed E-state index contributed by atoms with van der Waals surface area (Å²) in [4.78, 5) is 13.5. The Morgan fingerprint density at radius 3 is 2.57 bits per heavy atom. The van der Waals surface area contributed by atoms with E-state index < -0.39 is 17.8 Å². The number of nitrogens with two attached hydrogens (primary N) is 1. The summed E-state index contributed by atoms with van der Waals surface area (Å²) in [6, 6.07) is 4.21. The second kappa shape index (κ2) is 5.93. The van der Waals surface area contributed by atoms with Gasteiger partial charge in [0.25, 0.3) is 0 Å². The molecule has 1 aromatic carbocycles. The lowest BCUT2D eigenvalue weighted by molar-refractivity contribution is -0.136. The Kier molecular flexibility index (Phi) is 4.41. The fraction of sp³-hybridized carbons (Fsp3) is 0.500. The van der Waals surface area contributed by atoms with Gasteiger partial charge in [-0.05, 0) is 30.9 Å². The minimum absolute atomic E-state index is 0.136. The summed E-state index contributed by atoms with van der Waals surface area (Å²) in [6.07, 6.45) is -2.51. The Hall–Kier alpha value is -1.76. The van der Waals surface area contributed by atoms with Crippen molar-refractivity contribution in [1.29, 1.82) is 0 Å². The second-order valence-electron chi connectivity index (χ2n) is 5.22. The third kappa shape index (κ3) is 3.66. The highest BCUT2D eigenvalue weighted by Gasteiger charge is 2.36. The number of hydrogen-bond acceptors (Lipinski definition) is 2. The molecule has 1 aliphatic carbocycles. The topological polar surface area (TPSA) is 58.4 Å². The van der Waals surface area contributed by atoms with Crippen LogP contribution in [-0.4, -0.2) is 30.6 Å². The monoisotopic (exact) mass is 301 g/mol. The Morgan fingerprint density at radius 2 is 2.05 bits per heavy atom. The zero-order valence-corrected chi connectivity index (χ0v) is 11.7. The molecule has 2 rings (SSSR count). The zero-order valence-electron chi connectivity index (χ0n) is 11.7. The lowest BCUT2D eigenvalue weighted by Gasteiger charge is -2.27. The predicted octanol–water partition coefficient (Wildman–Crippen LogP) is 2.91. The first-order chi connectivity index (χ1) is 9.84. The third-order valence-corrected chi connectivity index (χ3v) is 3.70. The highest BCUT2D eigenvalue weighted by molar-refractivity contribution is 5.90. The maximum atomic E-state index is 12.9. The van der Waals surface area contributed by atoms with Crippen molar-refractivity contribution in [2.75, 3.05) is 18.9 Å². The van der Waals surface area contributed by atoms with Gasteiger partial charge < -0.3 is 16.0 Å². The quantitative estimate of drug-likeness (QED) is 0.898. The molecule has 4 nitrogen and oxygen atoms in total.